The molecule has 0 aliphatic carbocycles. The molecule has 0 fully saturated rings. The first-order valence-electron chi connectivity index (χ1n) is 6.12. The van der Waals surface area contributed by atoms with Crippen molar-refractivity contribution in [3.8, 4) is 0 Å². The predicted octanol–water partition coefficient (Wildman–Crippen LogP) is -1.54. The summed E-state index contributed by atoms with van der Waals surface area (Å²) in [5.74, 6) is 0. The van der Waals surface area contributed by atoms with Crippen molar-refractivity contribution in [2.75, 3.05) is 0 Å². The fraction of sp³-hybridized carbons (Fsp3) is 0.0588. The molecule has 0 aliphatic heterocycles. The van der Waals surface area contributed by atoms with E-state index >= 15 is 0 Å². The fourth-order valence-electron chi connectivity index (χ4n) is 2.29. The molecule has 0 amide bonds. The monoisotopic (exact) mass is 393 g/mol. The van der Waals surface area contributed by atoms with Crippen molar-refractivity contribution in [2.45, 2.75) is 0 Å². The molecule has 0 aliphatic rings. The largest absolute Gasteiger partial charge is 4.00 e. The van der Waals surface area contributed by atoms with Gasteiger partial charge in [-0.15, -0.1) is 40.4 Å². The van der Waals surface area contributed by atoms with Crippen LogP contribution in [-0.2, 0) is 33.3 Å². The van der Waals surface area contributed by atoms with Crippen molar-refractivity contribution >= 4 is 21.7 Å². The van der Waals surface area contributed by atoms with Crippen LogP contribution in [0, 0.1) is 0 Å². The van der Waals surface area contributed by atoms with Crippen LogP contribution in [0.5, 0.6) is 0 Å². The third-order valence-corrected chi connectivity index (χ3v) is 3.22. The molecule has 0 spiro atoms. The van der Waals surface area contributed by atoms with E-state index in [0.29, 0.717) is 0 Å². The first-order valence-corrected chi connectivity index (χ1v) is 6.12. The number of aromatic nitrogens is 1. The van der Waals surface area contributed by atoms with Gasteiger partial charge in [-0.2, -0.15) is 18.2 Å². The average molecular weight is 395 g/mol. The van der Waals surface area contributed by atoms with Crippen LogP contribution >= 0.6 is 0 Å². The van der Waals surface area contributed by atoms with Crippen LogP contribution in [0.2, 0.25) is 0 Å². The van der Waals surface area contributed by atoms with Gasteiger partial charge in [-0.05, 0) is 11.7 Å². The zero-order valence-corrected chi connectivity index (χ0v) is 15.6. The Hall–Kier alpha value is -0.817. The van der Waals surface area contributed by atoms with Crippen LogP contribution in [0.1, 0.15) is 0 Å². The van der Waals surface area contributed by atoms with Gasteiger partial charge in [0.25, 0.3) is 0 Å². The van der Waals surface area contributed by atoms with Crippen molar-refractivity contribution in [3.63, 3.8) is 0 Å². The number of halogens is 2. The van der Waals surface area contributed by atoms with Gasteiger partial charge in [-0.1, -0.05) is 12.1 Å². The predicted molar refractivity (Wildman–Crippen MR) is 78.1 cm³/mol. The summed E-state index contributed by atoms with van der Waals surface area (Å²) >= 11 is 0. The van der Waals surface area contributed by atoms with E-state index in [1.807, 2.05) is 30.3 Å². The fourth-order valence-corrected chi connectivity index (χ4v) is 2.29. The summed E-state index contributed by atoms with van der Waals surface area (Å²) in [5.41, 5.74) is 1.32. The summed E-state index contributed by atoms with van der Waals surface area (Å²) in [6, 6.07) is 22.9. The van der Waals surface area contributed by atoms with Gasteiger partial charge < -0.3 is 29.4 Å². The number of aryl methyl sites for hydroxylation is 1. The SMILES string of the molecule is Cn1ccc2c3ccccc3[cH-]c21.[Cl-].[Cl-].[Zr+4].c1cc[cH-]c1. The zero-order chi connectivity index (χ0) is 12.4. The van der Waals surface area contributed by atoms with Crippen LogP contribution in [-0.4, -0.2) is 4.57 Å². The maximum Gasteiger partial charge on any atom is 4.00 e. The van der Waals surface area contributed by atoms with Gasteiger partial charge in [0, 0.05) is 7.05 Å². The number of hydrogen-bond acceptors (Lipinski definition) is 0. The Balaban J connectivity index is 0.000000437. The Labute approximate surface area is 156 Å². The Kier molecular flexibility index (Phi) is 8.89. The second-order valence-corrected chi connectivity index (χ2v) is 4.42. The molecule has 1 aromatic heterocycles. The van der Waals surface area contributed by atoms with Gasteiger partial charge in [0.1, 0.15) is 0 Å². The molecule has 0 unspecified atom stereocenters. The smallest absolute Gasteiger partial charge is 1.00 e. The normalized spacial score (nSPS) is 9.00. The first kappa shape index (κ1) is 20.2. The third-order valence-electron chi connectivity index (χ3n) is 3.22. The molecule has 4 aromatic rings. The summed E-state index contributed by atoms with van der Waals surface area (Å²) < 4.78 is 2.16. The van der Waals surface area contributed by atoms with Crippen molar-refractivity contribution in [2.24, 2.45) is 7.05 Å². The minimum Gasteiger partial charge on any atom is -1.00 e. The molecule has 1 heterocycles. The average Bonchev–Trinajstić information content (AvgIpc) is 3.10. The first-order chi connectivity index (χ1) is 8.86. The van der Waals surface area contributed by atoms with E-state index in [2.05, 4.69) is 54.2 Å². The van der Waals surface area contributed by atoms with Crippen molar-refractivity contribution < 1.29 is 51.0 Å². The molecule has 1 nitrogen and oxygen atoms in total. The molecule has 106 valence electrons. The molecule has 4 rings (SSSR count). The summed E-state index contributed by atoms with van der Waals surface area (Å²) in [6.45, 7) is 0. The van der Waals surface area contributed by atoms with E-state index in [0.717, 1.165) is 0 Å². The number of fused-ring (bicyclic) bond motifs is 3. The molecule has 21 heavy (non-hydrogen) atoms. The minimum atomic E-state index is 0. The zero-order valence-electron chi connectivity index (χ0n) is 11.6. The van der Waals surface area contributed by atoms with E-state index in [9.17, 15) is 0 Å². The topological polar surface area (TPSA) is 4.93 Å². The molecule has 0 atom stereocenters. The van der Waals surface area contributed by atoms with Crippen molar-refractivity contribution in [1.29, 1.82) is 0 Å². The number of benzene rings is 1. The number of hydrogen-bond donors (Lipinski definition) is 0. The Morgan fingerprint density at radius 3 is 2.14 bits per heavy atom. The van der Waals surface area contributed by atoms with Crippen molar-refractivity contribution in [3.05, 3.63) is 72.9 Å². The quantitative estimate of drug-likeness (QED) is 0.318. The Morgan fingerprint density at radius 1 is 0.857 bits per heavy atom. The molecule has 0 N–H and O–H groups in total. The molecule has 0 saturated carbocycles. The molecular formula is C17H15Cl2NZr. The molecule has 0 saturated heterocycles. The van der Waals surface area contributed by atoms with Crippen LogP contribution in [0.25, 0.3) is 21.7 Å². The van der Waals surface area contributed by atoms with Crippen LogP contribution < -0.4 is 24.8 Å². The van der Waals surface area contributed by atoms with Gasteiger partial charge in [0.2, 0.25) is 0 Å². The van der Waals surface area contributed by atoms with E-state index < -0.39 is 0 Å². The van der Waals surface area contributed by atoms with E-state index in [1.165, 1.54) is 21.7 Å². The maximum atomic E-state index is 2.24. The van der Waals surface area contributed by atoms with Gasteiger partial charge in [-0.3, -0.25) is 0 Å². The van der Waals surface area contributed by atoms with Crippen LogP contribution in [0.3, 0.4) is 0 Å². The molecule has 3 aromatic carbocycles. The van der Waals surface area contributed by atoms with E-state index in [4.69, 9.17) is 0 Å². The molecular weight excluding hydrogens is 380 g/mol. The summed E-state index contributed by atoms with van der Waals surface area (Å²) in [6.07, 6.45) is 2.11. The van der Waals surface area contributed by atoms with Gasteiger partial charge >= 0.3 is 26.2 Å². The standard InChI is InChI=1S/C12H10N.C5H5.2ClH.Zr/c1-13-7-6-11-10-5-3-2-4-9(10)8-12(11)13;1-2-4-5-3-1;;;/h2-8H,1H3;1-5H;2*1H;/q2*-1;;;+4/p-2. The number of nitrogens with zero attached hydrogens (tertiary/aromatic N) is 1. The van der Waals surface area contributed by atoms with Crippen LogP contribution in [0.15, 0.2) is 72.9 Å². The van der Waals surface area contributed by atoms with Gasteiger partial charge in [0.15, 0.2) is 0 Å². The second-order valence-electron chi connectivity index (χ2n) is 4.42. The van der Waals surface area contributed by atoms with E-state index in [1.54, 1.807) is 0 Å². The van der Waals surface area contributed by atoms with Gasteiger partial charge in [-0.25, -0.2) is 12.1 Å². The molecule has 0 radical (unpaired) electrons. The van der Waals surface area contributed by atoms with Crippen molar-refractivity contribution in [1.82, 2.24) is 4.57 Å². The minimum absolute atomic E-state index is 0. The molecule has 4 heteroatoms. The summed E-state index contributed by atoms with van der Waals surface area (Å²) in [7, 11) is 2.08. The third kappa shape index (κ3) is 4.33. The second kappa shape index (κ2) is 9.25. The summed E-state index contributed by atoms with van der Waals surface area (Å²) in [5, 5.41) is 4.06. The van der Waals surface area contributed by atoms with E-state index in [-0.39, 0.29) is 51.0 Å². The molecule has 0 bridgehead atoms. The van der Waals surface area contributed by atoms with Gasteiger partial charge in [0.05, 0.1) is 0 Å². The number of rotatable bonds is 0. The van der Waals surface area contributed by atoms with Crippen LogP contribution in [0.4, 0.5) is 0 Å². The summed E-state index contributed by atoms with van der Waals surface area (Å²) in [4.78, 5) is 0. The Morgan fingerprint density at radius 2 is 1.52 bits per heavy atom. The maximum absolute atomic E-state index is 2.24. The Bertz CT molecular complexity index is 736.